The average molecular weight is 803 g/mol. The molecule has 0 atom stereocenters. The quantitative estimate of drug-likeness (QED) is 0.0540. The molecule has 0 aromatic heterocycles. The third-order valence-electron chi connectivity index (χ3n) is 7.84. The second-order valence-corrected chi connectivity index (χ2v) is 16.8. The number of anilines is 2. The van der Waals surface area contributed by atoms with Crippen molar-refractivity contribution in [3.63, 3.8) is 0 Å². The molecule has 6 aromatic carbocycles. The van der Waals surface area contributed by atoms with Gasteiger partial charge >= 0.3 is 0 Å². The van der Waals surface area contributed by atoms with Crippen molar-refractivity contribution in [2.75, 3.05) is 11.5 Å². The van der Waals surface area contributed by atoms with Crippen LogP contribution in [0.5, 0.6) is 5.75 Å². The molecule has 53 heavy (non-hydrogen) atoms. The standard InChI is InChI=1S/C30H22N6O13S4/c31-21-6-8-23(19-11-14(50(38,39)40)1-3-16(19)21)34-33-22-9-10-24(20-12-15(51(41,42)43)2-4-17(20)22)35-36-25-7-5-18-26(52(44,45)46)13-27(53(47,48)49)29(32)28(18)30(25)37/h1-13,37H,31-32H2,(H,38,39,40)(H,41,42,43)(H,44,45,46)(H,47,48,49). The number of hydrogen-bond donors (Lipinski definition) is 7. The van der Waals surface area contributed by atoms with Gasteiger partial charge in [0.05, 0.1) is 37.9 Å². The van der Waals surface area contributed by atoms with E-state index in [1.165, 1.54) is 36.4 Å². The van der Waals surface area contributed by atoms with Crippen molar-refractivity contribution >= 4 is 107 Å². The van der Waals surface area contributed by atoms with Crippen LogP contribution in [0.1, 0.15) is 0 Å². The lowest BCUT2D eigenvalue weighted by Crippen LogP contribution is -2.08. The average Bonchev–Trinajstić information content (AvgIpc) is 3.05. The molecule has 0 heterocycles. The molecule has 0 spiro atoms. The van der Waals surface area contributed by atoms with Crippen molar-refractivity contribution in [3.8, 4) is 5.75 Å². The summed E-state index contributed by atoms with van der Waals surface area (Å²) >= 11 is 0. The molecule has 0 aliphatic rings. The maximum Gasteiger partial charge on any atom is 0.296 e. The number of fused-ring (bicyclic) bond motifs is 3. The van der Waals surface area contributed by atoms with Gasteiger partial charge in [0.25, 0.3) is 40.5 Å². The Hall–Kier alpha value is -5.66. The van der Waals surface area contributed by atoms with E-state index < -0.39 is 88.0 Å². The lowest BCUT2D eigenvalue weighted by atomic mass is 10.1. The highest BCUT2D eigenvalue weighted by Gasteiger charge is 2.27. The molecule has 0 fully saturated rings. The van der Waals surface area contributed by atoms with E-state index in [-0.39, 0.29) is 38.9 Å². The molecule has 0 unspecified atom stereocenters. The van der Waals surface area contributed by atoms with E-state index >= 15 is 0 Å². The highest BCUT2D eigenvalue weighted by Crippen LogP contribution is 2.44. The minimum absolute atomic E-state index is 0.0123. The number of nitrogens with zero attached hydrogens (tertiary/aromatic N) is 4. The van der Waals surface area contributed by atoms with Crippen LogP contribution in [0.25, 0.3) is 32.3 Å². The number of hydrogen-bond acceptors (Lipinski definition) is 15. The van der Waals surface area contributed by atoms with Gasteiger partial charge in [-0.1, -0.05) is 18.2 Å². The van der Waals surface area contributed by atoms with Crippen LogP contribution in [0.2, 0.25) is 0 Å². The summed E-state index contributed by atoms with van der Waals surface area (Å²) in [4.78, 5) is -3.13. The lowest BCUT2D eigenvalue weighted by Gasteiger charge is -2.13. The monoisotopic (exact) mass is 802 g/mol. The number of rotatable bonds is 8. The van der Waals surface area contributed by atoms with Gasteiger partial charge in [0.15, 0.2) is 5.75 Å². The third-order valence-corrected chi connectivity index (χ3v) is 11.3. The van der Waals surface area contributed by atoms with Gasteiger partial charge in [-0.3, -0.25) is 18.2 Å². The van der Waals surface area contributed by atoms with E-state index in [1.807, 2.05) is 0 Å². The number of aromatic hydroxyl groups is 1. The van der Waals surface area contributed by atoms with Gasteiger partial charge in [-0.25, -0.2) is 0 Å². The predicted molar refractivity (Wildman–Crippen MR) is 190 cm³/mol. The van der Waals surface area contributed by atoms with Crippen molar-refractivity contribution in [2.24, 2.45) is 20.5 Å². The number of phenols is 1. The van der Waals surface area contributed by atoms with E-state index in [0.717, 1.165) is 36.4 Å². The first-order chi connectivity index (χ1) is 24.6. The van der Waals surface area contributed by atoms with Gasteiger partial charge in [-0.15, -0.1) is 20.5 Å². The molecular weight excluding hydrogens is 781 g/mol. The number of phenolic OH excluding ortho intramolecular Hbond substituents is 1. The minimum atomic E-state index is -5.17. The lowest BCUT2D eigenvalue weighted by molar-refractivity contribution is 0.478. The summed E-state index contributed by atoms with van der Waals surface area (Å²) < 4.78 is 134. The van der Waals surface area contributed by atoms with Crippen molar-refractivity contribution < 1.29 is 57.0 Å². The van der Waals surface area contributed by atoms with E-state index in [0.29, 0.717) is 11.5 Å². The maximum absolute atomic E-state index is 12.0. The fourth-order valence-corrected chi connectivity index (χ4v) is 7.84. The van der Waals surface area contributed by atoms with Gasteiger partial charge in [-0.2, -0.15) is 33.7 Å². The zero-order valence-electron chi connectivity index (χ0n) is 26.1. The van der Waals surface area contributed by atoms with E-state index in [4.69, 9.17) is 11.5 Å². The minimum Gasteiger partial charge on any atom is -0.505 e. The Kier molecular flexibility index (Phi) is 8.95. The first kappa shape index (κ1) is 37.1. The molecule has 0 radical (unpaired) electrons. The van der Waals surface area contributed by atoms with Crippen molar-refractivity contribution in [1.82, 2.24) is 0 Å². The van der Waals surface area contributed by atoms with Crippen LogP contribution in [0.15, 0.2) is 119 Å². The summed E-state index contributed by atoms with van der Waals surface area (Å²) in [5.74, 6) is -0.916. The van der Waals surface area contributed by atoms with Crippen LogP contribution < -0.4 is 11.5 Å². The van der Waals surface area contributed by atoms with Gasteiger partial charge in [0.2, 0.25) is 0 Å². The Balaban J connectivity index is 1.51. The van der Waals surface area contributed by atoms with E-state index in [2.05, 4.69) is 20.5 Å². The maximum atomic E-state index is 12.0. The number of nitrogens with two attached hydrogens (primary N) is 2. The second-order valence-electron chi connectivity index (χ2n) is 11.1. The zero-order valence-corrected chi connectivity index (χ0v) is 29.4. The Labute approximate surface area is 298 Å². The third kappa shape index (κ3) is 7.09. The fourth-order valence-electron chi connectivity index (χ4n) is 5.39. The normalized spacial score (nSPS) is 13.2. The first-order valence-electron chi connectivity index (χ1n) is 14.3. The van der Waals surface area contributed by atoms with Crippen molar-refractivity contribution in [2.45, 2.75) is 19.6 Å². The van der Waals surface area contributed by atoms with Gasteiger partial charge in [0, 0.05) is 32.6 Å². The second kappa shape index (κ2) is 12.8. The molecule has 274 valence electrons. The fraction of sp³-hybridized carbons (Fsp3) is 0. The number of nitrogen functional groups attached to an aromatic ring is 2. The first-order valence-corrected chi connectivity index (χ1v) is 20.0. The van der Waals surface area contributed by atoms with Crippen LogP contribution in [0.4, 0.5) is 34.1 Å². The number of benzene rings is 6. The highest BCUT2D eigenvalue weighted by atomic mass is 32.2. The summed E-state index contributed by atoms with van der Waals surface area (Å²) in [6.45, 7) is 0. The van der Waals surface area contributed by atoms with Gasteiger partial charge in [0.1, 0.15) is 15.5 Å². The molecule has 0 aliphatic carbocycles. The Morgan fingerprint density at radius 1 is 0.434 bits per heavy atom. The molecule has 0 aliphatic heterocycles. The molecule has 6 aromatic rings. The molecule has 0 saturated carbocycles. The summed E-state index contributed by atoms with van der Waals surface area (Å²) in [5.41, 5.74) is 11.1. The zero-order chi connectivity index (χ0) is 38.8. The largest absolute Gasteiger partial charge is 0.505 e. The SMILES string of the molecule is Nc1ccc(N=Nc2ccc(N=Nc3ccc4c(S(=O)(=O)O)cc(S(=O)(=O)O)c(N)c4c3O)c3cc(S(=O)(=O)O)ccc23)c2cc(S(=O)(=O)O)ccc12. The summed E-state index contributed by atoms with van der Waals surface area (Å²) in [6, 6.07) is 15.1. The molecule has 6 rings (SSSR count). The Bertz CT molecular complexity index is 3100. The van der Waals surface area contributed by atoms with Crippen molar-refractivity contribution in [1.29, 1.82) is 0 Å². The highest BCUT2D eigenvalue weighted by molar-refractivity contribution is 7.87. The molecule has 0 amide bonds. The molecule has 0 saturated heterocycles. The van der Waals surface area contributed by atoms with Crippen LogP contribution in [-0.2, 0) is 40.5 Å². The van der Waals surface area contributed by atoms with Crippen LogP contribution in [0.3, 0.4) is 0 Å². The summed E-state index contributed by atoms with van der Waals surface area (Å²) in [7, 11) is -19.6. The molecule has 0 bridgehead atoms. The van der Waals surface area contributed by atoms with Crippen LogP contribution in [0, 0.1) is 0 Å². The Morgan fingerprint density at radius 2 is 0.849 bits per heavy atom. The topological polar surface area (TPSA) is 339 Å². The number of azo groups is 2. The van der Waals surface area contributed by atoms with E-state index in [1.54, 1.807) is 0 Å². The van der Waals surface area contributed by atoms with Crippen molar-refractivity contribution in [3.05, 3.63) is 78.9 Å². The predicted octanol–water partition coefficient (Wildman–Crippen LogP) is 5.83. The Morgan fingerprint density at radius 3 is 1.36 bits per heavy atom. The van der Waals surface area contributed by atoms with Gasteiger partial charge < -0.3 is 16.6 Å². The molecule has 9 N–H and O–H groups in total. The molecular formula is C30H22N6O13S4. The van der Waals surface area contributed by atoms with E-state index in [9.17, 15) is 57.0 Å². The van der Waals surface area contributed by atoms with Crippen LogP contribution in [-0.4, -0.2) is 57.0 Å². The van der Waals surface area contributed by atoms with Crippen LogP contribution >= 0.6 is 0 Å². The summed E-state index contributed by atoms with van der Waals surface area (Å²) in [6.07, 6.45) is 0. The molecule has 19 nitrogen and oxygen atoms in total. The van der Waals surface area contributed by atoms with Gasteiger partial charge in [-0.05, 0) is 60.7 Å². The molecule has 23 heteroatoms. The summed E-state index contributed by atoms with van der Waals surface area (Å²) in [5, 5.41) is 27.2. The smallest absolute Gasteiger partial charge is 0.296 e.